The lowest BCUT2D eigenvalue weighted by Gasteiger charge is -2.36. The van der Waals surface area contributed by atoms with Crippen LogP contribution in [0.15, 0.2) is 36.5 Å². The second-order valence-corrected chi connectivity index (χ2v) is 6.65. The predicted molar refractivity (Wildman–Crippen MR) is 92.1 cm³/mol. The summed E-state index contributed by atoms with van der Waals surface area (Å²) in [7, 11) is 0. The molecule has 1 aromatic heterocycles. The molecule has 4 nitrogen and oxygen atoms in total. The van der Waals surface area contributed by atoms with Crippen molar-refractivity contribution in [2.75, 3.05) is 13.1 Å². The molecule has 1 aliphatic heterocycles. The summed E-state index contributed by atoms with van der Waals surface area (Å²) in [4.78, 5) is 6.84. The number of aromatic nitrogens is 1. The average molecular weight is 319 g/mol. The van der Waals surface area contributed by atoms with Crippen molar-refractivity contribution in [2.45, 2.75) is 38.1 Å². The van der Waals surface area contributed by atoms with Gasteiger partial charge in [0.15, 0.2) is 0 Å². The summed E-state index contributed by atoms with van der Waals surface area (Å²) in [5.74, 6) is 1.35. The molecule has 0 N–H and O–H groups in total. The quantitative estimate of drug-likeness (QED) is 0.865. The zero-order valence-corrected chi connectivity index (χ0v) is 13.7. The number of benzene rings is 1. The van der Waals surface area contributed by atoms with Crippen molar-refractivity contribution in [2.24, 2.45) is 0 Å². The van der Waals surface area contributed by atoms with Crippen LogP contribution in [-0.4, -0.2) is 29.0 Å². The van der Waals surface area contributed by atoms with E-state index in [4.69, 9.17) is 10.00 Å². The zero-order chi connectivity index (χ0) is 16.4. The Balaban J connectivity index is 1.47. The van der Waals surface area contributed by atoms with E-state index in [-0.39, 0.29) is 0 Å². The van der Waals surface area contributed by atoms with E-state index in [0.29, 0.717) is 11.4 Å². The Kier molecular flexibility index (Phi) is 4.18. The summed E-state index contributed by atoms with van der Waals surface area (Å²) >= 11 is 0. The van der Waals surface area contributed by atoms with E-state index in [1.165, 1.54) is 43.1 Å². The van der Waals surface area contributed by atoms with Crippen LogP contribution in [0, 0.1) is 11.3 Å². The third-order valence-electron chi connectivity index (χ3n) is 5.19. The molecule has 24 heavy (non-hydrogen) atoms. The predicted octanol–water partition coefficient (Wildman–Crippen LogP) is 3.70. The summed E-state index contributed by atoms with van der Waals surface area (Å²) in [6.45, 7) is 2.32. The second kappa shape index (κ2) is 6.62. The average Bonchev–Trinajstić information content (AvgIpc) is 2.77. The first kappa shape index (κ1) is 15.2. The van der Waals surface area contributed by atoms with Gasteiger partial charge in [0.05, 0.1) is 5.56 Å². The maximum atomic E-state index is 8.82. The molecule has 122 valence electrons. The molecule has 0 saturated heterocycles. The fraction of sp³-hybridized carbons (Fsp3) is 0.400. The number of nitriles is 1. The van der Waals surface area contributed by atoms with Crippen LogP contribution in [0.25, 0.3) is 0 Å². The van der Waals surface area contributed by atoms with Crippen molar-refractivity contribution in [1.29, 1.82) is 5.26 Å². The number of nitrogens with zero attached hydrogens (tertiary/aromatic N) is 3. The normalized spacial score (nSPS) is 18.1. The molecule has 0 spiro atoms. The number of rotatable bonds is 3. The molecule has 1 aliphatic carbocycles. The maximum absolute atomic E-state index is 8.82. The molecule has 2 aliphatic rings. The third-order valence-corrected chi connectivity index (χ3v) is 5.19. The van der Waals surface area contributed by atoms with Gasteiger partial charge in [-0.25, -0.2) is 4.98 Å². The topological polar surface area (TPSA) is 49.1 Å². The Morgan fingerprint density at radius 1 is 1.08 bits per heavy atom. The minimum atomic E-state index is 0.527. The molecular formula is C20H21N3O. The largest absolute Gasteiger partial charge is 0.439 e. The molecule has 0 amide bonds. The van der Waals surface area contributed by atoms with Gasteiger partial charge in [-0.3, -0.25) is 4.90 Å². The van der Waals surface area contributed by atoms with Crippen LogP contribution < -0.4 is 4.74 Å². The molecule has 0 atom stereocenters. The summed E-state index contributed by atoms with van der Waals surface area (Å²) in [6, 6.07) is 12.7. The minimum absolute atomic E-state index is 0.527. The van der Waals surface area contributed by atoms with E-state index in [9.17, 15) is 0 Å². The number of hydrogen-bond donors (Lipinski definition) is 0. The fourth-order valence-corrected chi connectivity index (χ4v) is 3.53. The van der Waals surface area contributed by atoms with Gasteiger partial charge in [0.25, 0.3) is 0 Å². The van der Waals surface area contributed by atoms with Crippen molar-refractivity contribution in [3.63, 3.8) is 0 Å². The molecule has 0 bridgehead atoms. The Labute approximate surface area is 142 Å². The third kappa shape index (κ3) is 3.13. The van der Waals surface area contributed by atoms with E-state index >= 15 is 0 Å². The molecular weight excluding hydrogens is 298 g/mol. The summed E-state index contributed by atoms with van der Waals surface area (Å²) in [5, 5.41) is 8.82. The highest BCUT2D eigenvalue weighted by Crippen LogP contribution is 2.29. The van der Waals surface area contributed by atoms with Gasteiger partial charge >= 0.3 is 0 Å². The van der Waals surface area contributed by atoms with E-state index in [2.05, 4.69) is 28.1 Å². The Morgan fingerprint density at radius 2 is 1.92 bits per heavy atom. The van der Waals surface area contributed by atoms with Crippen LogP contribution in [0.3, 0.4) is 0 Å². The number of fused-ring (bicyclic) bond motifs is 1. The smallest absolute Gasteiger partial charge is 0.219 e. The van der Waals surface area contributed by atoms with Crippen LogP contribution in [0.2, 0.25) is 0 Å². The molecule has 0 unspecified atom stereocenters. The Hall–Kier alpha value is -2.38. The van der Waals surface area contributed by atoms with Gasteiger partial charge in [-0.15, -0.1) is 0 Å². The van der Waals surface area contributed by atoms with E-state index in [1.807, 2.05) is 6.07 Å². The standard InChI is InChI=1S/C20H21N3O/c21-13-15-4-7-20(22-14-15)24-19-6-5-16-8-10-23(18-2-1-3-18)11-9-17(16)12-19/h4-7,12,14,18H,1-3,8-11H2. The van der Waals surface area contributed by atoms with Gasteiger partial charge in [0.2, 0.25) is 5.88 Å². The highest BCUT2D eigenvalue weighted by molar-refractivity contribution is 5.39. The van der Waals surface area contributed by atoms with Crippen LogP contribution in [0.4, 0.5) is 0 Å². The molecule has 4 heteroatoms. The fourth-order valence-electron chi connectivity index (χ4n) is 3.53. The van der Waals surface area contributed by atoms with Gasteiger partial charge in [0, 0.05) is 31.4 Å². The molecule has 1 fully saturated rings. The van der Waals surface area contributed by atoms with Crippen molar-refractivity contribution in [3.8, 4) is 17.7 Å². The molecule has 1 saturated carbocycles. The summed E-state index contributed by atoms with van der Waals surface area (Å²) < 4.78 is 5.86. The lowest BCUT2D eigenvalue weighted by molar-refractivity contribution is 0.133. The highest BCUT2D eigenvalue weighted by atomic mass is 16.5. The van der Waals surface area contributed by atoms with Crippen LogP contribution in [0.1, 0.15) is 36.0 Å². The lowest BCUT2D eigenvalue weighted by Crippen LogP contribution is -2.41. The number of pyridine rings is 1. The van der Waals surface area contributed by atoms with Crippen molar-refractivity contribution >= 4 is 0 Å². The van der Waals surface area contributed by atoms with Crippen LogP contribution >= 0.6 is 0 Å². The summed E-state index contributed by atoms with van der Waals surface area (Å²) in [5.41, 5.74) is 3.38. The van der Waals surface area contributed by atoms with E-state index in [0.717, 1.165) is 31.2 Å². The number of ether oxygens (including phenoxy) is 1. The molecule has 0 radical (unpaired) electrons. The second-order valence-electron chi connectivity index (χ2n) is 6.65. The first-order valence-corrected chi connectivity index (χ1v) is 8.72. The van der Waals surface area contributed by atoms with E-state index in [1.54, 1.807) is 12.1 Å². The minimum Gasteiger partial charge on any atom is -0.439 e. The van der Waals surface area contributed by atoms with Crippen molar-refractivity contribution in [3.05, 3.63) is 53.2 Å². The SMILES string of the molecule is N#Cc1ccc(Oc2ccc3c(c2)CCN(C2CCC2)CC3)nc1. The van der Waals surface area contributed by atoms with Crippen molar-refractivity contribution < 1.29 is 4.74 Å². The molecule has 4 rings (SSSR count). The maximum Gasteiger partial charge on any atom is 0.219 e. The van der Waals surface area contributed by atoms with Gasteiger partial charge in [0.1, 0.15) is 11.8 Å². The van der Waals surface area contributed by atoms with Gasteiger partial charge in [-0.1, -0.05) is 12.5 Å². The van der Waals surface area contributed by atoms with Gasteiger partial charge < -0.3 is 4.74 Å². The van der Waals surface area contributed by atoms with Crippen molar-refractivity contribution in [1.82, 2.24) is 9.88 Å². The van der Waals surface area contributed by atoms with Gasteiger partial charge in [-0.05, 0) is 55.0 Å². The first-order valence-electron chi connectivity index (χ1n) is 8.72. The Morgan fingerprint density at radius 3 is 2.58 bits per heavy atom. The number of hydrogen-bond acceptors (Lipinski definition) is 4. The van der Waals surface area contributed by atoms with E-state index < -0.39 is 0 Å². The van der Waals surface area contributed by atoms with Gasteiger partial charge in [-0.2, -0.15) is 5.26 Å². The molecule has 2 aromatic rings. The molecule has 2 heterocycles. The summed E-state index contributed by atoms with van der Waals surface area (Å²) in [6.07, 6.45) is 7.88. The van der Waals surface area contributed by atoms with Crippen LogP contribution in [-0.2, 0) is 12.8 Å². The highest BCUT2D eigenvalue weighted by Gasteiger charge is 2.26. The monoisotopic (exact) mass is 319 g/mol. The molecule has 1 aromatic carbocycles. The van der Waals surface area contributed by atoms with Crippen LogP contribution in [0.5, 0.6) is 11.6 Å². The zero-order valence-electron chi connectivity index (χ0n) is 13.7. The Bertz CT molecular complexity index is 759. The first-order chi connectivity index (χ1) is 11.8. The lowest BCUT2D eigenvalue weighted by atomic mass is 9.91.